The highest BCUT2D eigenvalue weighted by Crippen LogP contribution is 2.31. The van der Waals surface area contributed by atoms with Crippen molar-refractivity contribution in [1.82, 2.24) is 15.2 Å². The number of carbonyl (C=O) groups is 2. The number of methoxy groups -OCH3 is 1. The summed E-state index contributed by atoms with van der Waals surface area (Å²) in [7, 11) is 1.59. The van der Waals surface area contributed by atoms with Crippen LogP contribution >= 0.6 is 0 Å². The number of aromatic nitrogens is 1. The summed E-state index contributed by atoms with van der Waals surface area (Å²) in [5, 5.41) is 3.06. The Hall–Kier alpha value is -3.87. The Morgan fingerprint density at radius 2 is 1.83 bits per heavy atom. The summed E-state index contributed by atoms with van der Waals surface area (Å²) in [5.41, 5.74) is 4.15. The number of hydrogen-bond donors (Lipinski definition) is 1. The summed E-state index contributed by atoms with van der Waals surface area (Å²) in [6.45, 7) is 5.31. The molecule has 0 radical (unpaired) electrons. The van der Waals surface area contributed by atoms with Crippen molar-refractivity contribution in [2.75, 3.05) is 13.7 Å². The molecule has 0 bridgehead atoms. The van der Waals surface area contributed by atoms with Crippen LogP contribution in [0, 0.1) is 12.8 Å². The molecule has 4 rings (SSSR count). The molecule has 1 N–H and O–H groups in total. The van der Waals surface area contributed by atoms with Gasteiger partial charge < -0.3 is 19.7 Å². The zero-order chi connectivity index (χ0) is 24.8. The van der Waals surface area contributed by atoms with Crippen molar-refractivity contribution in [3.63, 3.8) is 0 Å². The number of ether oxygens (including phenoxy) is 2. The van der Waals surface area contributed by atoms with E-state index in [-0.39, 0.29) is 30.2 Å². The molecule has 2 amide bonds. The second-order valence-electron chi connectivity index (χ2n) is 8.95. The van der Waals surface area contributed by atoms with Gasteiger partial charge in [0.25, 0.3) is 0 Å². The van der Waals surface area contributed by atoms with Gasteiger partial charge in [0.15, 0.2) is 11.5 Å². The summed E-state index contributed by atoms with van der Waals surface area (Å²) in [6, 6.07) is 17.3. The van der Waals surface area contributed by atoms with E-state index >= 15 is 0 Å². The highest BCUT2D eigenvalue weighted by molar-refractivity contribution is 5.89. The third-order valence-corrected chi connectivity index (χ3v) is 6.27. The summed E-state index contributed by atoms with van der Waals surface area (Å²) >= 11 is 0. The molecular formula is C28H31N3O4. The third kappa shape index (κ3) is 6.18. The van der Waals surface area contributed by atoms with Crippen LogP contribution in [0.4, 0.5) is 0 Å². The second-order valence-corrected chi connectivity index (χ2v) is 8.95. The molecule has 1 aromatic heterocycles. The molecule has 2 heterocycles. The van der Waals surface area contributed by atoms with Crippen LogP contribution in [0.25, 0.3) is 0 Å². The van der Waals surface area contributed by atoms with Crippen LogP contribution < -0.4 is 14.8 Å². The van der Waals surface area contributed by atoms with Crippen LogP contribution in [0.1, 0.15) is 41.6 Å². The summed E-state index contributed by atoms with van der Waals surface area (Å²) in [5.74, 6) is 0.753. The maximum atomic E-state index is 12.9. The minimum Gasteiger partial charge on any atom is -0.493 e. The summed E-state index contributed by atoms with van der Waals surface area (Å²) < 4.78 is 11.4. The molecule has 182 valence electrons. The number of rotatable bonds is 9. The minimum absolute atomic E-state index is 0.00995. The lowest BCUT2D eigenvalue weighted by Gasteiger charge is -2.20. The van der Waals surface area contributed by atoms with Gasteiger partial charge in [-0.05, 0) is 54.8 Å². The summed E-state index contributed by atoms with van der Waals surface area (Å²) in [6.07, 6.45) is 3.68. The highest BCUT2D eigenvalue weighted by Gasteiger charge is 2.34. The lowest BCUT2D eigenvalue weighted by Crippen LogP contribution is -2.34. The number of nitrogens with one attached hydrogen (secondary N) is 1. The number of likely N-dealkylation sites (tertiary alicyclic amines) is 1. The average Bonchev–Trinajstić information content (AvgIpc) is 3.24. The molecule has 1 fully saturated rings. The van der Waals surface area contributed by atoms with Crippen molar-refractivity contribution in [2.45, 2.75) is 39.5 Å². The molecule has 7 nitrogen and oxygen atoms in total. The van der Waals surface area contributed by atoms with Gasteiger partial charge in [-0.2, -0.15) is 0 Å². The van der Waals surface area contributed by atoms with E-state index in [2.05, 4.69) is 10.3 Å². The molecule has 35 heavy (non-hydrogen) atoms. The molecule has 1 saturated heterocycles. The number of amides is 2. The van der Waals surface area contributed by atoms with E-state index in [1.54, 1.807) is 24.4 Å². The molecule has 0 aliphatic carbocycles. The first-order valence-electron chi connectivity index (χ1n) is 11.8. The molecule has 3 aromatic rings. The molecule has 0 saturated carbocycles. The van der Waals surface area contributed by atoms with E-state index in [0.29, 0.717) is 31.2 Å². The Morgan fingerprint density at radius 3 is 2.54 bits per heavy atom. The van der Waals surface area contributed by atoms with Crippen LogP contribution in [0.3, 0.4) is 0 Å². The van der Waals surface area contributed by atoms with Crippen molar-refractivity contribution in [3.8, 4) is 11.5 Å². The number of carbonyl (C=O) groups excluding carboxylic acids is 2. The molecule has 7 heteroatoms. The smallest absolute Gasteiger partial charge is 0.225 e. The number of hydrogen-bond acceptors (Lipinski definition) is 5. The zero-order valence-electron chi connectivity index (χ0n) is 20.4. The third-order valence-electron chi connectivity index (χ3n) is 6.27. The van der Waals surface area contributed by atoms with Gasteiger partial charge in [-0.3, -0.25) is 14.6 Å². The fourth-order valence-electron chi connectivity index (χ4n) is 4.14. The van der Waals surface area contributed by atoms with Crippen LogP contribution in [0.5, 0.6) is 11.5 Å². The van der Waals surface area contributed by atoms with Crippen LogP contribution in [0.2, 0.25) is 0 Å². The fourth-order valence-corrected chi connectivity index (χ4v) is 4.14. The molecule has 2 atom stereocenters. The first kappa shape index (κ1) is 24.3. The Kier molecular flexibility index (Phi) is 7.65. The maximum absolute atomic E-state index is 12.9. The predicted octanol–water partition coefficient (Wildman–Crippen LogP) is 4.20. The maximum Gasteiger partial charge on any atom is 0.225 e. The van der Waals surface area contributed by atoms with E-state index in [9.17, 15) is 9.59 Å². The highest BCUT2D eigenvalue weighted by atomic mass is 16.5. The van der Waals surface area contributed by atoms with Gasteiger partial charge in [-0.15, -0.1) is 0 Å². The molecule has 0 spiro atoms. The average molecular weight is 474 g/mol. The zero-order valence-corrected chi connectivity index (χ0v) is 20.4. The SMILES string of the molecule is COc1cc(C(C)NC(=O)C2CC(=O)N(Cc3ccc(C)cc3)C2)ccc1OCc1ccncc1. The quantitative estimate of drug-likeness (QED) is 0.504. The lowest BCUT2D eigenvalue weighted by atomic mass is 10.0. The lowest BCUT2D eigenvalue weighted by molar-refractivity contribution is -0.129. The van der Waals surface area contributed by atoms with E-state index in [0.717, 1.165) is 16.7 Å². The second kappa shape index (κ2) is 11.0. The van der Waals surface area contributed by atoms with Gasteiger partial charge >= 0.3 is 0 Å². The van der Waals surface area contributed by atoms with Crippen LogP contribution in [0.15, 0.2) is 67.0 Å². The molecule has 2 unspecified atom stereocenters. The van der Waals surface area contributed by atoms with E-state index in [1.165, 1.54) is 5.56 Å². The van der Waals surface area contributed by atoms with Crippen LogP contribution in [-0.2, 0) is 22.7 Å². The van der Waals surface area contributed by atoms with Gasteiger partial charge in [0, 0.05) is 31.9 Å². The minimum atomic E-state index is -0.361. The van der Waals surface area contributed by atoms with Gasteiger partial charge in [-0.25, -0.2) is 0 Å². The Bertz CT molecular complexity index is 1160. The Labute approximate surface area is 206 Å². The number of pyridine rings is 1. The molecule has 2 aromatic carbocycles. The number of benzene rings is 2. The number of aryl methyl sites for hydroxylation is 1. The van der Waals surface area contributed by atoms with Crippen molar-refractivity contribution in [2.24, 2.45) is 5.92 Å². The van der Waals surface area contributed by atoms with Gasteiger partial charge in [0.2, 0.25) is 11.8 Å². The topological polar surface area (TPSA) is 80.8 Å². The van der Waals surface area contributed by atoms with Crippen molar-refractivity contribution >= 4 is 11.8 Å². The Morgan fingerprint density at radius 1 is 1.09 bits per heavy atom. The summed E-state index contributed by atoms with van der Waals surface area (Å²) in [4.78, 5) is 31.2. The largest absolute Gasteiger partial charge is 0.493 e. The van der Waals surface area contributed by atoms with Crippen molar-refractivity contribution in [3.05, 3.63) is 89.2 Å². The number of nitrogens with zero attached hydrogens (tertiary/aromatic N) is 2. The van der Waals surface area contributed by atoms with E-state index in [4.69, 9.17) is 9.47 Å². The standard InChI is InChI=1S/C28H31N3O4/c1-19-4-6-21(7-5-19)16-31-17-24(15-27(31)32)28(33)30-20(2)23-8-9-25(26(14-23)34-3)35-18-22-10-12-29-13-11-22/h4-14,20,24H,15-18H2,1-3H3,(H,30,33). The van der Waals surface area contributed by atoms with Gasteiger partial charge in [0.05, 0.1) is 19.1 Å². The molecule has 1 aliphatic rings. The fraction of sp³-hybridized carbons (Fsp3) is 0.321. The van der Waals surface area contributed by atoms with Gasteiger partial charge in [0.1, 0.15) is 6.61 Å². The van der Waals surface area contributed by atoms with E-state index < -0.39 is 0 Å². The monoisotopic (exact) mass is 473 g/mol. The van der Waals surface area contributed by atoms with Crippen LogP contribution in [-0.4, -0.2) is 35.4 Å². The Balaban J connectivity index is 1.34. The van der Waals surface area contributed by atoms with Crippen molar-refractivity contribution < 1.29 is 19.1 Å². The predicted molar refractivity (Wildman–Crippen MR) is 133 cm³/mol. The van der Waals surface area contributed by atoms with Gasteiger partial charge in [-0.1, -0.05) is 35.9 Å². The molecular weight excluding hydrogens is 442 g/mol. The van der Waals surface area contributed by atoms with Crippen molar-refractivity contribution in [1.29, 1.82) is 0 Å². The first-order chi connectivity index (χ1) is 16.9. The first-order valence-corrected chi connectivity index (χ1v) is 11.8. The molecule has 1 aliphatic heterocycles. The van der Waals surface area contributed by atoms with E-state index in [1.807, 2.05) is 68.4 Å². The normalized spacial score (nSPS) is 16.1.